The fraction of sp³-hybridized carbons (Fsp3) is 0.200. The highest BCUT2D eigenvalue weighted by atomic mass is 16.5. The standard InChI is InChI=1S/C15H16N2O4/c1-20-15(19)17-13(18)10-16-14(12-8-5-9-21-12)11-6-3-2-4-7-11/h2-9,14,16H,10H2,1H3,(H,17,18,19)/t14-/m1/s1. The minimum absolute atomic E-state index is 0.0463. The van der Waals surface area contributed by atoms with Crippen molar-refractivity contribution in [3.63, 3.8) is 0 Å². The van der Waals surface area contributed by atoms with Crippen molar-refractivity contribution in [1.29, 1.82) is 0 Å². The molecule has 0 fully saturated rings. The molecule has 1 aromatic heterocycles. The topological polar surface area (TPSA) is 80.6 Å². The number of furan rings is 1. The lowest BCUT2D eigenvalue weighted by molar-refractivity contribution is -0.119. The predicted molar refractivity (Wildman–Crippen MR) is 75.5 cm³/mol. The van der Waals surface area contributed by atoms with Crippen LogP contribution in [0.5, 0.6) is 0 Å². The van der Waals surface area contributed by atoms with E-state index in [0.717, 1.165) is 5.56 Å². The van der Waals surface area contributed by atoms with Gasteiger partial charge in [-0.15, -0.1) is 0 Å². The van der Waals surface area contributed by atoms with E-state index < -0.39 is 12.0 Å². The maximum Gasteiger partial charge on any atom is 0.413 e. The Balaban J connectivity index is 2.04. The number of rotatable bonds is 5. The Morgan fingerprint density at radius 1 is 1.19 bits per heavy atom. The SMILES string of the molecule is COC(=O)NC(=O)CN[C@H](c1ccccc1)c1ccco1. The van der Waals surface area contributed by atoms with Gasteiger partial charge in [0.1, 0.15) is 5.76 Å². The summed E-state index contributed by atoms with van der Waals surface area (Å²) in [6, 6.07) is 12.9. The average Bonchev–Trinajstić information content (AvgIpc) is 3.02. The first-order chi connectivity index (χ1) is 10.2. The van der Waals surface area contributed by atoms with Gasteiger partial charge in [-0.25, -0.2) is 4.79 Å². The number of alkyl carbamates (subject to hydrolysis) is 1. The monoisotopic (exact) mass is 288 g/mol. The number of imide groups is 1. The van der Waals surface area contributed by atoms with Gasteiger partial charge in [0.2, 0.25) is 5.91 Å². The second-order valence-electron chi connectivity index (χ2n) is 4.28. The molecule has 0 unspecified atom stereocenters. The van der Waals surface area contributed by atoms with E-state index in [1.807, 2.05) is 36.4 Å². The van der Waals surface area contributed by atoms with Crippen LogP contribution in [0.15, 0.2) is 53.1 Å². The summed E-state index contributed by atoms with van der Waals surface area (Å²) in [7, 11) is 1.20. The maximum atomic E-state index is 11.6. The molecule has 1 heterocycles. The van der Waals surface area contributed by atoms with Crippen molar-refractivity contribution in [2.75, 3.05) is 13.7 Å². The van der Waals surface area contributed by atoms with Crippen LogP contribution < -0.4 is 10.6 Å². The minimum atomic E-state index is -0.781. The summed E-state index contributed by atoms with van der Waals surface area (Å²) < 4.78 is 9.77. The molecule has 6 heteroatoms. The van der Waals surface area contributed by atoms with E-state index in [0.29, 0.717) is 5.76 Å². The van der Waals surface area contributed by atoms with E-state index in [-0.39, 0.29) is 12.6 Å². The van der Waals surface area contributed by atoms with Crippen molar-refractivity contribution >= 4 is 12.0 Å². The minimum Gasteiger partial charge on any atom is -0.467 e. The molecule has 2 rings (SSSR count). The van der Waals surface area contributed by atoms with E-state index in [9.17, 15) is 9.59 Å². The van der Waals surface area contributed by atoms with Crippen molar-refractivity contribution in [1.82, 2.24) is 10.6 Å². The first-order valence-corrected chi connectivity index (χ1v) is 6.40. The number of ether oxygens (including phenoxy) is 1. The number of nitrogens with one attached hydrogen (secondary N) is 2. The largest absolute Gasteiger partial charge is 0.467 e. The molecule has 110 valence electrons. The number of hydrogen-bond donors (Lipinski definition) is 2. The van der Waals surface area contributed by atoms with E-state index >= 15 is 0 Å². The zero-order chi connectivity index (χ0) is 15.1. The number of amides is 2. The van der Waals surface area contributed by atoms with Gasteiger partial charge < -0.3 is 9.15 Å². The molecule has 0 radical (unpaired) electrons. The molecule has 2 amide bonds. The predicted octanol–water partition coefficient (Wildman–Crippen LogP) is 1.84. The molecule has 0 aliphatic heterocycles. The van der Waals surface area contributed by atoms with Gasteiger partial charge in [0.05, 0.1) is 26.0 Å². The Kier molecular flexibility index (Phi) is 5.11. The summed E-state index contributed by atoms with van der Waals surface area (Å²) >= 11 is 0. The van der Waals surface area contributed by atoms with E-state index in [2.05, 4.69) is 15.4 Å². The number of methoxy groups -OCH3 is 1. The second-order valence-corrected chi connectivity index (χ2v) is 4.28. The fourth-order valence-corrected chi connectivity index (χ4v) is 1.89. The van der Waals surface area contributed by atoms with Crippen LogP contribution in [0, 0.1) is 0 Å². The number of hydrogen-bond acceptors (Lipinski definition) is 5. The van der Waals surface area contributed by atoms with E-state index in [4.69, 9.17) is 4.42 Å². The Hall–Kier alpha value is -2.60. The lowest BCUT2D eigenvalue weighted by Gasteiger charge is -2.16. The highest BCUT2D eigenvalue weighted by molar-refractivity contribution is 5.92. The highest BCUT2D eigenvalue weighted by Crippen LogP contribution is 2.21. The molecule has 1 aromatic carbocycles. The number of carbonyl (C=O) groups excluding carboxylic acids is 2. The van der Waals surface area contributed by atoms with Crippen LogP contribution in [0.25, 0.3) is 0 Å². The van der Waals surface area contributed by atoms with Crippen LogP contribution in [0.2, 0.25) is 0 Å². The molecule has 2 N–H and O–H groups in total. The van der Waals surface area contributed by atoms with Gasteiger partial charge in [-0.1, -0.05) is 30.3 Å². The third-order valence-corrected chi connectivity index (χ3v) is 2.85. The summed E-state index contributed by atoms with van der Waals surface area (Å²) in [4.78, 5) is 22.6. The van der Waals surface area contributed by atoms with Crippen LogP contribution in [0.4, 0.5) is 4.79 Å². The lowest BCUT2D eigenvalue weighted by Crippen LogP contribution is -2.39. The summed E-state index contributed by atoms with van der Waals surface area (Å²) in [5, 5.41) is 5.14. The first-order valence-electron chi connectivity index (χ1n) is 6.40. The third-order valence-electron chi connectivity index (χ3n) is 2.85. The Labute approximate surface area is 122 Å². The van der Waals surface area contributed by atoms with E-state index in [1.165, 1.54) is 7.11 Å². The van der Waals surface area contributed by atoms with Gasteiger partial charge in [-0.2, -0.15) is 0 Å². The fourth-order valence-electron chi connectivity index (χ4n) is 1.89. The van der Waals surface area contributed by atoms with Crippen molar-refractivity contribution in [2.24, 2.45) is 0 Å². The van der Waals surface area contributed by atoms with Crippen molar-refractivity contribution in [3.8, 4) is 0 Å². The molecule has 0 bridgehead atoms. The molecular weight excluding hydrogens is 272 g/mol. The zero-order valence-electron chi connectivity index (χ0n) is 11.5. The van der Waals surface area contributed by atoms with Gasteiger partial charge >= 0.3 is 6.09 Å². The van der Waals surface area contributed by atoms with Gasteiger partial charge in [0.25, 0.3) is 0 Å². The summed E-state index contributed by atoms with van der Waals surface area (Å²) in [5.41, 5.74) is 0.957. The van der Waals surface area contributed by atoms with Gasteiger partial charge in [0, 0.05) is 0 Å². The summed E-state index contributed by atoms with van der Waals surface area (Å²) in [5.74, 6) is 0.210. The number of benzene rings is 1. The molecular formula is C15H16N2O4. The third kappa shape index (κ3) is 4.19. The smallest absolute Gasteiger partial charge is 0.413 e. The van der Waals surface area contributed by atoms with Crippen molar-refractivity contribution < 1.29 is 18.7 Å². The first kappa shape index (κ1) is 14.8. The van der Waals surface area contributed by atoms with Crippen molar-refractivity contribution in [3.05, 3.63) is 60.1 Å². The molecule has 2 aromatic rings. The molecule has 0 saturated carbocycles. The summed E-state index contributed by atoms with van der Waals surface area (Å²) in [6.45, 7) is -0.0463. The quantitative estimate of drug-likeness (QED) is 0.877. The molecule has 1 atom stereocenters. The second kappa shape index (κ2) is 7.25. The molecule has 0 aliphatic carbocycles. The van der Waals surface area contributed by atoms with Crippen LogP contribution in [-0.2, 0) is 9.53 Å². The Morgan fingerprint density at radius 2 is 1.95 bits per heavy atom. The van der Waals surface area contributed by atoms with E-state index in [1.54, 1.807) is 12.3 Å². The molecule has 6 nitrogen and oxygen atoms in total. The average molecular weight is 288 g/mol. The van der Waals surface area contributed by atoms with Gasteiger partial charge in [-0.05, 0) is 17.7 Å². The summed E-state index contributed by atoms with van der Waals surface area (Å²) in [6.07, 6.45) is 0.789. The van der Waals surface area contributed by atoms with Crippen LogP contribution >= 0.6 is 0 Å². The Bertz CT molecular complexity index is 581. The highest BCUT2D eigenvalue weighted by Gasteiger charge is 2.18. The maximum absolute atomic E-state index is 11.6. The van der Waals surface area contributed by atoms with Crippen molar-refractivity contribution in [2.45, 2.75) is 6.04 Å². The Morgan fingerprint density at radius 3 is 2.57 bits per heavy atom. The van der Waals surface area contributed by atoms with Crippen LogP contribution in [0.1, 0.15) is 17.4 Å². The molecule has 0 spiro atoms. The van der Waals surface area contributed by atoms with Gasteiger partial charge in [0.15, 0.2) is 0 Å². The van der Waals surface area contributed by atoms with Crippen LogP contribution in [-0.4, -0.2) is 25.7 Å². The lowest BCUT2D eigenvalue weighted by atomic mass is 10.0. The van der Waals surface area contributed by atoms with Gasteiger partial charge in [-0.3, -0.25) is 15.4 Å². The number of carbonyl (C=O) groups is 2. The van der Waals surface area contributed by atoms with Crippen LogP contribution in [0.3, 0.4) is 0 Å². The normalized spacial score (nSPS) is 11.7. The molecule has 0 aliphatic rings. The zero-order valence-corrected chi connectivity index (χ0v) is 11.5. The molecule has 0 saturated heterocycles. The molecule has 21 heavy (non-hydrogen) atoms.